The van der Waals surface area contributed by atoms with Crippen molar-refractivity contribution in [2.24, 2.45) is 0 Å². The van der Waals surface area contributed by atoms with E-state index in [4.69, 9.17) is 0 Å². The van der Waals surface area contributed by atoms with Crippen molar-refractivity contribution < 1.29 is 8.78 Å². The third kappa shape index (κ3) is 4.72. The summed E-state index contributed by atoms with van der Waals surface area (Å²) in [5.41, 5.74) is 0.198. The molecule has 0 unspecified atom stereocenters. The highest BCUT2D eigenvalue weighted by atomic mass is 79.9. The Morgan fingerprint density at radius 3 is 2.47 bits per heavy atom. The highest BCUT2D eigenvalue weighted by Crippen LogP contribution is 2.22. The minimum atomic E-state index is -0.485. The van der Waals surface area contributed by atoms with Gasteiger partial charge in [-0.2, -0.15) is 0 Å². The molecule has 0 aromatic heterocycles. The van der Waals surface area contributed by atoms with E-state index in [1.54, 1.807) is 0 Å². The summed E-state index contributed by atoms with van der Waals surface area (Å²) in [6.07, 6.45) is 1.11. The lowest BCUT2D eigenvalue weighted by molar-refractivity contribution is 0.420. The van der Waals surface area contributed by atoms with Crippen LogP contribution in [0.15, 0.2) is 16.6 Å². The lowest BCUT2D eigenvalue weighted by Crippen LogP contribution is -2.36. The lowest BCUT2D eigenvalue weighted by Gasteiger charge is -2.20. The molecule has 1 N–H and O–H groups in total. The highest BCUT2D eigenvalue weighted by molar-refractivity contribution is 9.10. The number of nitrogens with one attached hydrogen (secondary N) is 1. The number of halogens is 3. The van der Waals surface area contributed by atoms with Crippen molar-refractivity contribution in [3.8, 4) is 0 Å². The summed E-state index contributed by atoms with van der Waals surface area (Å²) in [5, 5.41) is 3.29. The Morgan fingerprint density at radius 1 is 1.24 bits per heavy atom. The zero-order chi connectivity index (χ0) is 13.1. The van der Waals surface area contributed by atoms with Gasteiger partial charge in [-0.05, 0) is 68.2 Å². The summed E-state index contributed by atoms with van der Waals surface area (Å²) in [6, 6.07) is 2.68. The van der Waals surface area contributed by atoms with Gasteiger partial charge in [0.2, 0.25) is 0 Å². The minimum absolute atomic E-state index is 0.0361. The van der Waals surface area contributed by atoms with Crippen LogP contribution in [-0.2, 0) is 6.42 Å². The SMILES string of the molecule is CC(C)(C)NCCCc1c(F)ccc(Br)c1F. The summed E-state index contributed by atoms with van der Waals surface area (Å²) >= 11 is 3.06. The van der Waals surface area contributed by atoms with Crippen LogP contribution < -0.4 is 5.32 Å². The Labute approximate surface area is 110 Å². The molecule has 0 atom stereocenters. The van der Waals surface area contributed by atoms with Gasteiger partial charge in [0, 0.05) is 11.1 Å². The number of hydrogen-bond acceptors (Lipinski definition) is 1. The lowest BCUT2D eigenvalue weighted by atomic mass is 10.1. The van der Waals surface area contributed by atoms with Gasteiger partial charge in [-0.1, -0.05) is 0 Å². The van der Waals surface area contributed by atoms with Crippen LogP contribution in [0.2, 0.25) is 0 Å². The average Bonchev–Trinajstić information content (AvgIpc) is 2.21. The van der Waals surface area contributed by atoms with Gasteiger partial charge in [0.05, 0.1) is 4.47 Å². The molecule has 1 rings (SSSR count). The fourth-order valence-corrected chi connectivity index (χ4v) is 1.90. The number of hydrogen-bond donors (Lipinski definition) is 1. The first kappa shape index (κ1) is 14.6. The topological polar surface area (TPSA) is 12.0 Å². The van der Waals surface area contributed by atoms with E-state index in [9.17, 15) is 8.78 Å². The zero-order valence-electron chi connectivity index (χ0n) is 10.4. The predicted octanol–water partition coefficient (Wildman–Crippen LogP) is 4.05. The van der Waals surface area contributed by atoms with Crippen molar-refractivity contribution in [1.29, 1.82) is 0 Å². The van der Waals surface area contributed by atoms with E-state index < -0.39 is 11.6 Å². The summed E-state index contributed by atoms with van der Waals surface area (Å²) in [4.78, 5) is 0. The first-order valence-corrected chi connectivity index (χ1v) is 6.48. The second-order valence-corrected chi connectivity index (χ2v) is 5.96. The molecule has 0 amide bonds. The van der Waals surface area contributed by atoms with E-state index >= 15 is 0 Å². The van der Waals surface area contributed by atoms with Gasteiger partial charge in [-0.15, -0.1) is 0 Å². The van der Waals surface area contributed by atoms with E-state index in [1.807, 2.05) is 0 Å². The molecule has 0 aliphatic carbocycles. The van der Waals surface area contributed by atoms with Gasteiger partial charge < -0.3 is 5.32 Å². The summed E-state index contributed by atoms with van der Waals surface area (Å²) in [7, 11) is 0. The van der Waals surface area contributed by atoms with Crippen LogP contribution in [0.3, 0.4) is 0 Å². The molecule has 1 aromatic carbocycles. The van der Waals surface area contributed by atoms with Crippen molar-refractivity contribution in [2.45, 2.75) is 39.2 Å². The smallest absolute Gasteiger partial charge is 0.143 e. The highest BCUT2D eigenvalue weighted by Gasteiger charge is 2.12. The largest absolute Gasteiger partial charge is 0.312 e. The van der Waals surface area contributed by atoms with Crippen LogP contribution >= 0.6 is 15.9 Å². The molecule has 0 bridgehead atoms. The fraction of sp³-hybridized carbons (Fsp3) is 0.538. The standard InChI is InChI=1S/C13H18BrF2N/c1-13(2,3)17-8-4-5-9-11(15)7-6-10(14)12(9)16/h6-7,17H,4-5,8H2,1-3H3. The van der Waals surface area contributed by atoms with Crippen molar-refractivity contribution in [3.05, 3.63) is 33.8 Å². The maximum absolute atomic E-state index is 13.6. The number of rotatable bonds is 4. The molecule has 4 heteroatoms. The molecule has 0 aliphatic heterocycles. The van der Waals surface area contributed by atoms with Gasteiger partial charge in [-0.3, -0.25) is 0 Å². The maximum atomic E-state index is 13.6. The summed E-state index contributed by atoms with van der Waals surface area (Å²) < 4.78 is 27.3. The van der Waals surface area contributed by atoms with E-state index in [2.05, 4.69) is 42.0 Å². The van der Waals surface area contributed by atoms with E-state index in [1.165, 1.54) is 12.1 Å². The quantitative estimate of drug-likeness (QED) is 0.654. The summed E-state index contributed by atoms with van der Waals surface area (Å²) in [5.74, 6) is -0.956. The zero-order valence-corrected chi connectivity index (χ0v) is 12.0. The first-order chi connectivity index (χ1) is 7.81. The average molecular weight is 306 g/mol. The maximum Gasteiger partial charge on any atom is 0.143 e. The van der Waals surface area contributed by atoms with Gasteiger partial charge in [0.25, 0.3) is 0 Å². The molecule has 0 aliphatic rings. The molecule has 0 radical (unpaired) electrons. The molecule has 0 saturated heterocycles. The molecule has 1 aromatic rings. The van der Waals surface area contributed by atoms with Gasteiger partial charge >= 0.3 is 0 Å². The van der Waals surface area contributed by atoms with Crippen LogP contribution in [0.4, 0.5) is 8.78 Å². The molecule has 0 fully saturated rings. The molecule has 17 heavy (non-hydrogen) atoms. The Morgan fingerprint density at radius 2 is 1.88 bits per heavy atom. The van der Waals surface area contributed by atoms with E-state index in [0.717, 1.165) is 6.54 Å². The van der Waals surface area contributed by atoms with E-state index in [0.29, 0.717) is 17.3 Å². The second kappa shape index (κ2) is 5.91. The molecule has 1 nitrogen and oxygen atoms in total. The van der Waals surface area contributed by atoms with Crippen molar-refractivity contribution in [2.75, 3.05) is 6.54 Å². The van der Waals surface area contributed by atoms with Crippen LogP contribution in [0.5, 0.6) is 0 Å². The normalized spacial score (nSPS) is 11.9. The molecule has 96 valence electrons. The Hall–Kier alpha value is -0.480. The van der Waals surface area contributed by atoms with Gasteiger partial charge in [-0.25, -0.2) is 8.78 Å². The first-order valence-electron chi connectivity index (χ1n) is 5.68. The monoisotopic (exact) mass is 305 g/mol. The van der Waals surface area contributed by atoms with Crippen molar-refractivity contribution >= 4 is 15.9 Å². The van der Waals surface area contributed by atoms with Crippen molar-refractivity contribution in [1.82, 2.24) is 5.32 Å². The van der Waals surface area contributed by atoms with Gasteiger partial charge in [0.1, 0.15) is 11.6 Å². The van der Waals surface area contributed by atoms with Crippen LogP contribution in [0, 0.1) is 11.6 Å². The molecular weight excluding hydrogens is 288 g/mol. The molecule has 0 spiro atoms. The van der Waals surface area contributed by atoms with Crippen LogP contribution in [0.25, 0.3) is 0 Å². The van der Waals surface area contributed by atoms with Gasteiger partial charge in [0.15, 0.2) is 0 Å². The molecule has 0 saturated carbocycles. The predicted molar refractivity (Wildman–Crippen MR) is 70.1 cm³/mol. The number of benzene rings is 1. The fourth-order valence-electron chi connectivity index (χ4n) is 1.53. The second-order valence-electron chi connectivity index (χ2n) is 5.10. The molecular formula is C13H18BrF2N. The third-order valence-electron chi connectivity index (χ3n) is 2.40. The molecule has 0 heterocycles. The van der Waals surface area contributed by atoms with Crippen molar-refractivity contribution in [3.63, 3.8) is 0 Å². The van der Waals surface area contributed by atoms with Crippen LogP contribution in [0.1, 0.15) is 32.8 Å². The van der Waals surface area contributed by atoms with E-state index in [-0.39, 0.29) is 11.1 Å². The van der Waals surface area contributed by atoms with Crippen LogP contribution in [-0.4, -0.2) is 12.1 Å². The Bertz CT molecular complexity index is 386. The summed E-state index contributed by atoms with van der Waals surface area (Å²) in [6.45, 7) is 6.93. The minimum Gasteiger partial charge on any atom is -0.312 e. The Balaban J connectivity index is 2.55. The third-order valence-corrected chi connectivity index (χ3v) is 3.01. The Kier molecular flexibility index (Phi) is 5.07.